The third kappa shape index (κ3) is 6.16. The summed E-state index contributed by atoms with van der Waals surface area (Å²) in [6.45, 7) is 2.84. The Labute approximate surface area is 249 Å². The summed E-state index contributed by atoms with van der Waals surface area (Å²) in [4.78, 5) is 17.0. The molecule has 0 radical (unpaired) electrons. The predicted molar refractivity (Wildman–Crippen MR) is 162 cm³/mol. The number of hydrogen-bond acceptors (Lipinski definition) is 10. The number of rotatable bonds is 7. The molecule has 1 aromatic heterocycles. The molecule has 220 valence electrons. The lowest BCUT2D eigenvalue weighted by atomic mass is 10.1. The Morgan fingerprint density at radius 2 is 1.56 bits per heavy atom. The molecule has 0 aliphatic rings. The van der Waals surface area contributed by atoms with Gasteiger partial charge in [-0.1, -0.05) is 30.3 Å². The molecular formula is C28H22N4O8S3. The van der Waals surface area contributed by atoms with Crippen molar-refractivity contribution in [2.45, 2.75) is 23.6 Å². The van der Waals surface area contributed by atoms with Crippen LogP contribution in [0.4, 0.5) is 11.4 Å². The first-order valence-electron chi connectivity index (χ1n) is 12.3. The van der Waals surface area contributed by atoms with E-state index in [1.54, 1.807) is 49.4 Å². The fraction of sp³-hybridized carbons (Fsp3) is 0.0714. The number of allylic oxidation sites excluding steroid dienone is 1. The number of thiazole rings is 1. The van der Waals surface area contributed by atoms with Crippen molar-refractivity contribution in [3.8, 4) is 10.6 Å². The number of nitrogens with zero attached hydrogens (tertiary/aromatic N) is 3. The summed E-state index contributed by atoms with van der Waals surface area (Å²) in [6, 6.07) is 18.5. The van der Waals surface area contributed by atoms with Gasteiger partial charge in [0, 0.05) is 22.0 Å². The number of carbonyl (C=O) groups excluding carboxylic acids is 1. The van der Waals surface area contributed by atoms with Crippen molar-refractivity contribution in [3.63, 3.8) is 0 Å². The zero-order chi connectivity index (χ0) is 31.1. The molecule has 4 aromatic carbocycles. The molecule has 0 spiro atoms. The second kappa shape index (κ2) is 11.3. The van der Waals surface area contributed by atoms with Crippen LogP contribution in [-0.4, -0.2) is 41.9 Å². The number of nitrogens with one attached hydrogen (secondary N) is 1. The zero-order valence-corrected chi connectivity index (χ0v) is 24.8. The Hall–Kier alpha value is -4.54. The fourth-order valence-corrected chi connectivity index (χ4v) is 7.39. The molecule has 0 saturated heterocycles. The minimum atomic E-state index is -4.51. The quantitative estimate of drug-likeness (QED) is 0.0672. The van der Waals surface area contributed by atoms with Crippen LogP contribution in [0, 0.1) is 6.92 Å². The Kier molecular flexibility index (Phi) is 7.85. The van der Waals surface area contributed by atoms with E-state index in [1.807, 2.05) is 0 Å². The van der Waals surface area contributed by atoms with E-state index in [4.69, 9.17) is 0 Å². The fourth-order valence-electron chi connectivity index (χ4n) is 4.37. The molecule has 43 heavy (non-hydrogen) atoms. The van der Waals surface area contributed by atoms with Crippen LogP contribution in [0.25, 0.3) is 31.6 Å². The summed E-state index contributed by atoms with van der Waals surface area (Å²) in [5, 5.41) is 21.7. The van der Waals surface area contributed by atoms with Crippen molar-refractivity contribution in [2.24, 2.45) is 10.2 Å². The number of amides is 1. The normalized spacial score (nSPS) is 13.0. The van der Waals surface area contributed by atoms with Gasteiger partial charge in [0.15, 0.2) is 5.70 Å². The first kappa shape index (κ1) is 29.9. The highest BCUT2D eigenvalue weighted by atomic mass is 32.2. The number of anilines is 1. The number of fused-ring (bicyclic) bond motifs is 2. The van der Waals surface area contributed by atoms with Crippen molar-refractivity contribution in [2.75, 3.05) is 5.32 Å². The third-order valence-electron chi connectivity index (χ3n) is 6.31. The van der Waals surface area contributed by atoms with Gasteiger partial charge in [-0.2, -0.15) is 21.9 Å². The van der Waals surface area contributed by atoms with Crippen molar-refractivity contribution in [1.82, 2.24) is 4.98 Å². The van der Waals surface area contributed by atoms with E-state index in [0.717, 1.165) is 11.3 Å². The first-order valence-corrected chi connectivity index (χ1v) is 16.0. The molecule has 5 rings (SSSR count). The smallest absolute Gasteiger partial charge is 0.296 e. The lowest BCUT2D eigenvalue weighted by molar-refractivity contribution is -0.113. The van der Waals surface area contributed by atoms with Crippen LogP contribution in [0.3, 0.4) is 0 Å². The number of azo groups is 1. The number of benzene rings is 4. The van der Waals surface area contributed by atoms with Crippen molar-refractivity contribution in [3.05, 3.63) is 89.8 Å². The standard InChI is InChI=1S/C28H22N4O8S3/c1-15-9-14-22-25(26(15)43(38,39)40)41-28(30-22)17-10-12-18(13-11-17)31-32-24(16(2)33)27(34)29-21-7-3-6-20-19(21)5-4-8-23(20)42(35,36)37/h3-14,33H,1-2H3,(H,29,34)(H,35,36,37)(H,38,39,40)/b24-16+,32-31+. The number of hydrogen-bond donors (Lipinski definition) is 4. The van der Waals surface area contributed by atoms with Gasteiger partial charge in [0.25, 0.3) is 26.1 Å². The number of aliphatic hydroxyl groups excluding tert-OH is 1. The van der Waals surface area contributed by atoms with Gasteiger partial charge in [-0.15, -0.1) is 16.5 Å². The Morgan fingerprint density at radius 3 is 2.21 bits per heavy atom. The Bertz CT molecular complexity index is 2200. The maximum Gasteiger partial charge on any atom is 0.296 e. The van der Waals surface area contributed by atoms with Crippen molar-refractivity contribution < 1.29 is 35.8 Å². The van der Waals surface area contributed by atoms with Crippen LogP contribution in [0.2, 0.25) is 0 Å². The van der Waals surface area contributed by atoms with Crippen LogP contribution in [-0.2, 0) is 25.0 Å². The number of carbonyl (C=O) groups is 1. The van der Waals surface area contributed by atoms with Gasteiger partial charge in [0.05, 0.1) is 15.9 Å². The summed E-state index contributed by atoms with van der Waals surface area (Å²) in [5.41, 5.74) is 1.61. The van der Waals surface area contributed by atoms with Gasteiger partial charge in [-0.25, -0.2) is 4.98 Å². The largest absolute Gasteiger partial charge is 0.510 e. The van der Waals surface area contributed by atoms with Gasteiger partial charge in [-0.3, -0.25) is 13.9 Å². The SMILES string of the molecule is C/C(O)=C(\N=N\c1ccc(-c2nc3ccc(C)c(S(=O)(=O)O)c3s2)cc1)C(=O)Nc1cccc2c(S(=O)(=O)O)cccc12. The van der Waals surface area contributed by atoms with Crippen LogP contribution >= 0.6 is 11.3 Å². The summed E-state index contributed by atoms with van der Waals surface area (Å²) >= 11 is 1.11. The molecule has 0 atom stereocenters. The zero-order valence-electron chi connectivity index (χ0n) is 22.4. The van der Waals surface area contributed by atoms with Crippen molar-refractivity contribution in [1.29, 1.82) is 0 Å². The van der Waals surface area contributed by atoms with Crippen LogP contribution in [0.1, 0.15) is 12.5 Å². The summed E-state index contributed by atoms with van der Waals surface area (Å²) < 4.78 is 66.9. The lowest BCUT2D eigenvalue weighted by Crippen LogP contribution is -2.15. The molecule has 5 aromatic rings. The second-order valence-electron chi connectivity index (χ2n) is 9.32. The van der Waals surface area contributed by atoms with E-state index >= 15 is 0 Å². The average Bonchev–Trinajstić information content (AvgIpc) is 3.36. The number of aromatic nitrogens is 1. The minimum Gasteiger partial charge on any atom is -0.510 e. The predicted octanol–water partition coefficient (Wildman–Crippen LogP) is 6.43. The Morgan fingerprint density at radius 1 is 0.884 bits per heavy atom. The number of aryl methyl sites for hydroxylation is 1. The maximum absolute atomic E-state index is 13.0. The molecule has 0 aliphatic carbocycles. The molecule has 1 heterocycles. The monoisotopic (exact) mass is 638 g/mol. The van der Waals surface area contributed by atoms with E-state index < -0.39 is 37.6 Å². The second-order valence-corrected chi connectivity index (χ2v) is 13.1. The van der Waals surface area contributed by atoms with Gasteiger partial charge in [0.1, 0.15) is 20.6 Å². The van der Waals surface area contributed by atoms with Crippen LogP contribution < -0.4 is 5.32 Å². The average molecular weight is 639 g/mol. The van der Waals surface area contributed by atoms with Gasteiger partial charge < -0.3 is 10.4 Å². The van der Waals surface area contributed by atoms with E-state index in [0.29, 0.717) is 37.4 Å². The molecule has 0 bridgehead atoms. The van der Waals surface area contributed by atoms with E-state index in [2.05, 4.69) is 20.5 Å². The maximum atomic E-state index is 13.0. The third-order valence-corrected chi connectivity index (χ3v) is 9.53. The molecule has 1 amide bonds. The van der Waals surface area contributed by atoms with Crippen LogP contribution in [0.5, 0.6) is 0 Å². The summed E-state index contributed by atoms with van der Waals surface area (Å²) in [7, 11) is -8.97. The molecular weight excluding hydrogens is 617 g/mol. The molecule has 0 aliphatic heterocycles. The highest BCUT2D eigenvalue weighted by molar-refractivity contribution is 7.86. The van der Waals surface area contributed by atoms with Gasteiger partial charge in [0.2, 0.25) is 0 Å². The Balaban J connectivity index is 1.39. The molecule has 15 heteroatoms. The molecule has 12 nitrogen and oxygen atoms in total. The van der Waals surface area contributed by atoms with Crippen LogP contribution in [0.15, 0.2) is 104 Å². The van der Waals surface area contributed by atoms with Gasteiger partial charge >= 0.3 is 0 Å². The van der Waals surface area contributed by atoms with E-state index in [1.165, 1.54) is 37.3 Å². The van der Waals surface area contributed by atoms with Crippen molar-refractivity contribution >= 4 is 69.8 Å². The molecule has 0 saturated carbocycles. The van der Waals surface area contributed by atoms with Gasteiger partial charge in [-0.05, 0) is 61.9 Å². The lowest BCUT2D eigenvalue weighted by Gasteiger charge is -2.11. The highest BCUT2D eigenvalue weighted by Crippen LogP contribution is 2.36. The van der Waals surface area contributed by atoms with E-state index in [9.17, 15) is 35.8 Å². The summed E-state index contributed by atoms with van der Waals surface area (Å²) in [5.74, 6) is -1.24. The topological polar surface area (TPSA) is 196 Å². The first-order chi connectivity index (χ1) is 20.2. The minimum absolute atomic E-state index is 0.182. The van der Waals surface area contributed by atoms with E-state index in [-0.39, 0.29) is 20.9 Å². The number of aliphatic hydroxyl groups is 1. The molecule has 0 unspecified atom stereocenters. The molecule has 4 N–H and O–H groups in total. The molecule has 0 fully saturated rings. The summed E-state index contributed by atoms with van der Waals surface area (Å²) in [6.07, 6.45) is 0. The highest BCUT2D eigenvalue weighted by Gasteiger charge is 2.21.